The molecule has 0 unspecified atom stereocenters. The van der Waals surface area contributed by atoms with Crippen molar-refractivity contribution in [3.8, 4) is 5.75 Å². The lowest BCUT2D eigenvalue weighted by Gasteiger charge is -2.35. The lowest BCUT2D eigenvalue weighted by atomic mass is 10.0. The van der Waals surface area contributed by atoms with Gasteiger partial charge < -0.3 is 14.5 Å². The molecule has 1 aliphatic rings. The predicted octanol–water partition coefficient (Wildman–Crippen LogP) is 2.98. The van der Waals surface area contributed by atoms with Gasteiger partial charge >= 0.3 is 5.97 Å². The number of benzene rings is 1. The minimum absolute atomic E-state index is 0.0401. The molecule has 0 bridgehead atoms. The Morgan fingerprint density at radius 3 is 2.76 bits per heavy atom. The highest BCUT2D eigenvalue weighted by Gasteiger charge is 2.33. The lowest BCUT2D eigenvalue weighted by molar-refractivity contribution is -0.144. The number of nitrogens with zero attached hydrogens (tertiary/aromatic N) is 5. The average Bonchev–Trinajstić information content (AvgIpc) is 3.52. The van der Waals surface area contributed by atoms with Crippen molar-refractivity contribution >= 4 is 16.9 Å². The molecule has 1 fully saturated rings. The highest BCUT2D eigenvalue weighted by atomic mass is 16.5. The normalized spacial score (nSPS) is 15.2. The zero-order chi connectivity index (χ0) is 24.1. The molecule has 10 heteroatoms. The third kappa shape index (κ3) is 5.11. The van der Waals surface area contributed by atoms with E-state index in [0.29, 0.717) is 30.6 Å². The second-order valence-electron chi connectivity index (χ2n) is 8.61. The Balaban J connectivity index is 1.69. The molecule has 2 aromatic heterocycles. The molecule has 182 valence electrons. The number of fused-ring (bicyclic) bond motifs is 1. The number of rotatable bonds is 10. The van der Waals surface area contributed by atoms with Gasteiger partial charge in [0.15, 0.2) is 5.82 Å². The molecule has 1 N–H and O–H groups in total. The Labute approximate surface area is 198 Å². The van der Waals surface area contributed by atoms with E-state index in [1.165, 1.54) is 4.68 Å². The number of ether oxygens (including phenoxy) is 2. The van der Waals surface area contributed by atoms with Crippen LogP contribution < -0.4 is 10.3 Å². The summed E-state index contributed by atoms with van der Waals surface area (Å²) in [5.74, 6) is 0.974. The number of methoxy groups -OCH3 is 1. The average molecular weight is 469 g/mol. The number of pyridine rings is 1. The highest BCUT2D eigenvalue weighted by molar-refractivity contribution is 5.80. The number of carbonyl (C=O) groups is 1. The van der Waals surface area contributed by atoms with Crippen LogP contribution in [-0.4, -0.2) is 55.8 Å². The van der Waals surface area contributed by atoms with Gasteiger partial charge in [-0.05, 0) is 60.9 Å². The summed E-state index contributed by atoms with van der Waals surface area (Å²) in [5.41, 5.74) is 1.34. The van der Waals surface area contributed by atoms with Gasteiger partial charge in [0.2, 0.25) is 0 Å². The molecule has 0 aliphatic heterocycles. The monoisotopic (exact) mass is 468 g/mol. The number of H-pyrrole nitrogens is 1. The second-order valence-corrected chi connectivity index (χ2v) is 8.61. The third-order valence-corrected chi connectivity index (χ3v) is 6.50. The Hall–Kier alpha value is -3.27. The van der Waals surface area contributed by atoms with Crippen LogP contribution >= 0.6 is 0 Å². The minimum atomic E-state index is -0.377. The number of aromatic nitrogens is 5. The molecule has 1 aromatic carbocycles. The number of carbonyl (C=O) groups excluding carboxylic acids is 1. The molecular formula is C24H32N6O4. The zero-order valence-electron chi connectivity index (χ0n) is 20.0. The number of nitrogens with one attached hydrogen (secondary N) is 1. The molecule has 1 aliphatic carbocycles. The summed E-state index contributed by atoms with van der Waals surface area (Å²) < 4.78 is 12.0. The molecule has 0 spiro atoms. The lowest BCUT2D eigenvalue weighted by Crippen LogP contribution is -2.39. The van der Waals surface area contributed by atoms with E-state index >= 15 is 0 Å². The molecule has 3 aromatic rings. The largest absolute Gasteiger partial charge is 0.497 e. The van der Waals surface area contributed by atoms with E-state index in [2.05, 4.69) is 32.3 Å². The number of hydrogen-bond donors (Lipinski definition) is 1. The van der Waals surface area contributed by atoms with Gasteiger partial charge in [0.25, 0.3) is 5.56 Å². The summed E-state index contributed by atoms with van der Waals surface area (Å²) in [7, 11) is 1.63. The van der Waals surface area contributed by atoms with Gasteiger partial charge in [0.1, 0.15) is 12.3 Å². The van der Waals surface area contributed by atoms with Crippen molar-refractivity contribution < 1.29 is 14.3 Å². The van der Waals surface area contributed by atoms with Crippen LogP contribution in [0.25, 0.3) is 10.9 Å². The van der Waals surface area contributed by atoms with Crippen LogP contribution in [0, 0.1) is 0 Å². The fraction of sp³-hybridized carbons (Fsp3) is 0.542. The van der Waals surface area contributed by atoms with Crippen molar-refractivity contribution in [2.24, 2.45) is 0 Å². The first-order chi connectivity index (χ1) is 16.5. The molecule has 2 heterocycles. The quantitative estimate of drug-likeness (QED) is 0.452. The van der Waals surface area contributed by atoms with E-state index in [1.807, 2.05) is 24.3 Å². The number of esters is 1. The Kier molecular flexibility index (Phi) is 7.56. The Bertz CT molecular complexity index is 1180. The van der Waals surface area contributed by atoms with Crippen LogP contribution in [0.2, 0.25) is 0 Å². The minimum Gasteiger partial charge on any atom is -0.497 e. The number of tetrazole rings is 1. The highest BCUT2D eigenvalue weighted by Crippen LogP contribution is 2.33. The van der Waals surface area contributed by atoms with E-state index in [-0.39, 0.29) is 24.1 Å². The van der Waals surface area contributed by atoms with Gasteiger partial charge in [-0.15, -0.1) is 5.10 Å². The standard InChI is InChI=1S/C24H32N6O4/c1-4-21(23-26-27-28-30(23)15-22(31)34-5-2)29(18-8-6-7-9-18)14-17-12-16-13-19(33-3)10-11-20(16)25-24(17)32/h10-13,18,21H,4-9,14-15H2,1-3H3,(H,25,32)/t21-/m1/s1. The molecule has 10 nitrogen and oxygen atoms in total. The van der Waals surface area contributed by atoms with Gasteiger partial charge in [0.05, 0.1) is 19.8 Å². The molecule has 34 heavy (non-hydrogen) atoms. The molecule has 0 radical (unpaired) electrons. The van der Waals surface area contributed by atoms with E-state index < -0.39 is 0 Å². The number of aromatic amines is 1. The summed E-state index contributed by atoms with van der Waals surface area (Å²) >= 11 is 0. The second kappa shape index (κ2) is 10.8. The van der Waals surface area contributed by atoms with Crippen LogP contribution in [0.4, 0.5) is 0 Å². The number of hydrogen-bond acceptors (Lipinski definition) is 8. The van der Waals surface area contributed by atoms with Gasteiger partial charge in [-0.25, -0.2) is 4.68 Å². The van der Waals surface area contributed by atoms with E-state index in [1.54, 1.807) is 14.0 Å². The molecule has 1 atom stereocenters. The van der Waals surface area contributed by atoms with Crippen molar-refractivity contribution in [3.63, 3.8) is 0 Å². The maximum absolute atomic E-state index is 13.0. The molecule has 4 rings (SSSR count). The maximum Gasteiger partial charge on any atom is 0.327 e. The summed E-state index contributed by atoms with van der Waals surface area (Å²) in [5, 5.41) is 13.1. The van der Waals surface area contributed by atoms with Crippen molar-refractivity contribution in [1.29, 1.82) is 0 Å². The maximum atomic E-state index is 13.0. The van der Waals surface area contributed by atoms with Crippen molar-refractivity contribution in [2.75, 3.05) is 13.7 Å². The fourth-order valence-electron chi connectivity index (χ4n) is 4.86. The molecule has 0 amide bonds. The van der Waals surface area contributed by atoms with Gasteiger partial charge in [-0.1, -0.05) is 19.8 Å². The predicted molar refractivity (Wildman–Crippen MR) is 126 cm³/mol. The zero-order valence-corrected chi connectivity index (χ0v) is 20.0. The SMILES string of the molecule is CCOC(=O)Cn1nnnc1[C@@H](CC)N(Cc1cc2cc(OC)ccc2[nH]c1=O)C1CCCC1. The van der Waals surface area contributed by atoms with Crippen LogP contribution in [0.5, 0.6) is 5.75 Å². The Morgan fingerprint density at radius 2 is 2.06 bits per heavy atom. The molecular weight excluding hydrogens is 436 g/mol. The van der Waals surface area contributed by atoms with Crippen LogP contribution in [0.3, 0.4) is 0 Å². The van der Waals surface area contributed by atoms with E-state index in [4.69, 9.17) is 9.47 Å². The summed E-state index contributed by atoms with van der Waals surface area (Å²) in [6, 6.07) is 7.70. The topological polar surface area (TPSA) is 115 Å². The van der Waals surface area contributed by atoms with Crippen LogP contribution in [0.15, 0.2) is 29.1 Å². The van der Waals surface area contributed by atoms with Gasteiger partial charge in [-0.3, -0.25) is 14.5 Å². The molecule has 0 saturated heterocycles. The smallest absolute Gasteiger partial charge is 0.327 e. The first-order valence-electron chi connectivity index (χ1n) is 11.9. The van der Waals surface area contributed by atoms with Crippen molar-refractivity contribution in [3.05, 3.63) is 46.0 Å². The van der Waals surface area contributed by atoms with Crippen LogP contribution in [0.1, 0.15) is 63.4 Å². The van der Waals surface area contributed by atoms with E-state index in [0.717, 1.165) is 48.8 Å². The van der Waals surface area contributed by atoms with Crippen molar-refractivity contribution in [1.82, 2.24) is 30.1 Å². The van der Waals surface area contributed by atoms with Gasteiger partial charge in [0, 0.05) is 29.1 Å². The summed E-state index contributed by atoms with van der Waals surface area (Å²) in [6.07, 6.45) is 5.14. The fourth-order valence-corrected chi connectivity index (χ4v) is 4.86. The summed E-state index contributed by atoms with van der Waals surface area (Å²) in [4.78, 5) is 30.4. The Morgan fingerprint density at radius 1 is 1.26 bits per heavy atom. The van der Waals surface area contributed by atoms with Crippen molar-refractivity contribution in [2.45, 2.75) is 71.1 Å². The third-order valence-electron chi connectivity index (χ3n) is 6.50. The van der Waals surface area contributed by atoms with Crippen LogP contribution in [-0.2, 0) is 22.6 Å². The first kappa shape index (κ1) is 23.9. The first-order valence-corrected chi connectivity index (χ1v) is 11.9. The molecule has 1 saturated carbocycles. The summed E-state index contributed by atoms with van der Waals surface area (Å²) in [6.45, 7) is 4.56. The van der Waals surface area contributed by atoms with E-state index in [9.17, 15) is 9.59 Å². The van der Waals surface area contributed by atoms with Gasteiger partial charge in [-0.2, -0.15) is 0 Å².